The Kier molecular flexibility index (Phi) is 4.10. The Morgan fingerprint density at radius 1 is 1.00 bits per heavy atom. The lowest BCUT2D eigenvalue weighted by atomic mass is 10.1. The van der Waals surface area contributed by atoms with Gasteiger partial charge >= 0.3 is 5.97 Å². The Labute approximate surface area is 124 Å². The molecule has 1 heterocycles. The number of rotatable bonds is 6. The van der Waals surface area contributed by atoms with E-state index in [-0.39, 0.29) is 12.0 Å². The van der Waals surface area contributed by atoms with Gasteiger partial charge in [0.25, 0.3) is 0 Å². The summed E-state index contributed by atoms with van der Waals surface area (Å²) in [5, 5.41) is 0. The zero-order chi connectivity index (χ0) is 14.5. The largest absolute Gasteiger partial charge is 0.463 e. The highest BCUT2D eigenvalue weighted by Gasteiger charge is 2.29. The molecule has 0 saturated carbocycles. The van der Waals surface area contributed by atoms with Gasteiger partial charge in [-0.2, -0.15) is 0 Å². The number of benzene rings is 2. The van der Waals surface area contributed by atoms with Gasteiger partial charge in [-0.05, 0) is 17.5 Å². The number of esters is 1. The van der Waals surface area contributed by atoms with Gasteiger partial charge in [-0.15, -0.1) is 0 Å². The molecule has 3 heteroatoms. The Morgan fingerprint density at radius 3 is 2.38 bits per heavy atom. The molecule has 0 aliphatic carbocycles. The van der Waals surface area contributed by atoms with Gasteiger partial charge in [0, 0.05) is 6.42 Å². The standard InChI is InChI=1S/C18H17NO2/c20-17(12-11-14-7-3-1-4-8-14)21-13-16-18(19-16)15-9-5-2-6-10-15/h1-10,16H,11-13H2/t16-/m0/s1. The van der Waals surface area contributed by atoms with E-state index in [4.69, 9.17) is 4.74 Å². The molecule has 0 unspecified atom stereocenters. The zero-order valence-corrected chi connectivity index (χ0v) is 11.7. The van der Waals surface area contributed by atoms with Gasteiger partial charge in [-0.1, -0.05) is 60.7 Å². The second-order valence-electron chi connectivity index (χ2n) is 5.06. The third kappa shape index (κ3) is 3.78. The summed E-state index contributed by atoms with van der Waals surface area (Å²) in [6.45, 7) is 0.359. The van der Waals surface area contributed by atoms with E-state index >= 15 is 0 Å². The average molecular weight is 279 g/mol. The Morgan fingerprint density at radius 2 is 1.67 bits per heavy atom. The van der Waals surface area contributed by atoms with Crippen LogP contribution in [0.2, 0.25) is 0 Å². The van der Waals surface area contributed by atoms with Crippen molar-refractivity contribution in [2.75, 3.05) is 6.61 Å². The highest BCUT2D eigenvalue weighted by molar-refractivity contribution is 6.13. The van der Waals surface area contributed by atoms with E-state index in [0.717, 1.165) is 23.3 Å². The molecule has 3 nitrogen and oxygen atoms in total. The summed E-state index contributed by atoms with van der Waals surface area (Å²) in [6, 6.07) is 20.0. The zero-order valence-electron chi connectivity index (χ0n) is 11.7. The lowest BCUT2D eigenvalue weighted by Gasteiger charge is -2.04. The van der Waals surface area contributed by atoms with E-state index in [9.17, 15) is 4.79 Å². The molecule has 2 aromatic carbocycles. The molecule has 1 aliphatic heterocycles. The highest BCUT2D eigenvalue weighted by Crippen LogP contribution is 2.20. The molecule has 106 valence electrons. The van der Waals surface area contributed by atoms with Gasteiger partial charge in [0.1, 0.15) is 12.6 Å². The van der Waals surface area contributed by atoms with Gasteiger partial charge in [-0.3, -0.25) is 9.79 Å². The molecule has 0 N–H and O–H groups in total. The molecule has 2 aromatic rings. The minimum Gasteiger partial charge on any atom is -0.463 e. The van der Waals surface area contributed by atoms with Crippen LogP contribution < -0.4 is 0 Å². The Balaban J connectivity index is 1.38. The average Bonchev–Trinajstić information content (AvgIpc) is 3.32. The van der Waals surface area contributed by atoms with Crippen molar-refractivity contribution in [3.05, 3.63) is 71.8 Å². The molecular formula is C18H17NO2. The van der Waals surface area contributed by atoms with Crippen molar-refractivity contribution in [3.8, 4) is 0 Å². The second kappa shape index (κ2) is 6.35. The van der Waals surface area contributed by atoms with Crippen LogP contribution in [0, 0.1) is 0 Å². The van der Waals surface area contributed by atoms with E-state index in [0.29, 0.717) is 13.0 Å². The van der Waals surface area contributed by atoms with Crippen LogP contribution in [0.25, 0.3) is 0 Å². The first-order valence-corrected chi connectivity index (χ1v) is 7.15. The van der Waals surface area contributed by atoms with Crippen molar-refractivity contribution in [2.24, 2.45) is 4.99 Å². The van der Waals surface area contributed by atoms with Gasteiger partial charge in [0.15, 0.2) is 0 Å². The number of ether oxygens (including phenoxy) is 1. The fraction of sp³-hybridized carbons (Fsp3) is 0.222. The van der Waals surface area contributed by atoms with Gasteiger partial charge in [0.05, 0.1) is 5.71 Å². The number of carbonyl (C=O) groups excluding carboxylic acids is 1. The molecule has 0 aromatic heterocycles. The van der Waals surface area contributed by atoms with E-state index in [1.165, 1.54) is 0 Å². The Hall–Kier alpha value is -2.42. The molecule has 0 saturated heterocycles. The summed E-state index contributed by atoms with van der Waals surface area (Å²) in [5.74, 6) is -0.159. The van der Waals surface area contributed by atoms with Crippen molar-refractivity contribution < 1.29 is 9.53 Å². The number of nitrogens with zero attached hydrogens (tertiary/aromatic N) is 1. The van der Waals surface area contributed by atoms with Crippen LogP contribution in [0.5, 0.6) is 0 Å². The fourth-order valence-corrected chi connectivity index (χ4v) is 2.26. The molecule has 0 spiro atoms. The summed E-state index contributed by atoms with van der Waals surface area (Å²) in [7, 11) is 0. The fourth-order valence-electron chi connectivity index (χ4n) is 2.26. The second-order valence-corrected chi connectivity index (χ2v) is 5.06. The van der Waals surface area contributed by atoms with E-state index in [2.05, 4.69) is 4.99 Å². The van der Waals surface area contributed by atoms with Crippen molar-refractivity contribution in [3.63, 3.8) is 0 Å². The first-order valence-electron chi connectivity index (χ1n) is 7.15. The molecule has 21 heavy (non-hydrogen) atoms. The monoisotopic (exact) mass is 279 g/mol. The van der Waals surface area contributed by atoms with Crippen LogP contribution >= 0.6 is 0 Å². The summed E-state index contributed by atoms with van der Waals surface area (Å²) in [4.78, 5) is 16.1. The predicted octanol–water partition coefficient (Wildman–Crippen LogP) is 3.03. The summed E-state index contributed by atoms with van der Waals surface area (Å²) in [5.41, 5.74) is 3.30. The normalized spacial score (nSPS) is 16.2. The van der Waals surface area contributed by atoms with Crippen molar-refractivity contribution in [1.29, 1.82) is 0 Å². The minimum absolute atomic E-state index is 0.0491. The molecule has 0 radical (unpaired) electrons. The molecule has 0 amide bonds. The number of hydrogen-bond acceptors (Lipinski definition) is 3. The summed E-state index contributed by atoms with van der Waals surface area (Å²) in [6.07, 6.45) is 1.13. The maximum atomic E-state index is 11.7. The number of carbonyl (C=O) groups is 1. The van der Waals surface area contributed by atoms with Crippen molar-refractivity contribution >= 4 is 11.7 Å². The topological polar surface area (TPSA) is 38.7 Å². The third-order valence-electron chi connectivity index (χ3n) is 3.48. The number of hydrogen-bond donors (Lipinski definition) is 0. The van der Waals surface area contributed by atoms with E-state index < -0.39 is 0 Å². The van der Waals surface area contributed by atoms with Gasteiger partial charge < -0.3 is 4.74 Å². The van der Waals surface area contributed by atoms with Crippen LogP contribution in [0.15, 0.2) is 65.7 Å². The maximum Gasteiger partial charge on any atom is 0.306 e. The SMILES string of the molecule is O=C(CCc1ccccc1)OC[C@@H]1N=C1c1ccccc1. The molecular weight excluding hydrogens is 262 g/mol. The third-order valence-corrected chi connectivity index (χ3v) is 3.48. The van der Waals surface area contributed by atoms with E-state index in [1.807, 2.05) is 60.7 Å². The van der Waals surface area contributed by atoms with Crippen LogP contribution in [0.3, 0.4) is 0 Å². The van der Waals surface area contributed by atoms with Gasteiger partial charge in [0.2, 0.25) is 0 Å². The van der Waals surface area contributed by atoms with E-state index in [1.54, 1.807) is 0 Å². The summed E-state index contributed by atoms with van der Waals surface area (Å²) >= 11 is 0. The highest BCUT2D eigenvalue weighted by atomic mass is 16.5. The first-order chi connectivity index (χ1) is 10.3. The minimum atomic E-state index is -0.159. The lowest BCUT2D eigenvalue weighted by molar-refractivity contribution is -0.143. The quantitative estimate of drug-likeness (QED) is 0.762. The van der Waals surface area contributed by atoms with Crippen molar-refractivity contribution in [2.45, 2.75) is 18.9 Å². The molecule has 3 rings (SSSR count). The first kappa shape index (κ1) is 13.6. The van der Waals surface area contributed by atoms with Crippen LogP contribution in [0.4, 0.5) is 0 Å². The maximum absolute atomic E-state index is 11.7. The summed E-state index contributed by atoms with van der Waals surface area (Å²) < 4.78 is 5.29. The molecule has 0 bridgehead atoms. The van der Waals surface area contributed by atoms with Crippen LogP contribution in [-0.2, 0) is 16.0 Å². The number of aryl methyl sites for hydroxylation is 1. The lowest BCUT2D eigenvalue weighted by Crippen LogP contribution is -2.14. The van der Waals surface area contributed by atoms with Crippen LogP contribution in [-0.4, -0.2) is 24.3 Å². The predicted molar refractivity (Wildman–Crippen MR) is 82.5 cm³/mol. The van der Waals surface area contributed by atoms with Crippen molar-refractivity contribution in [1.82, 2.24) is 0 Å². The molecule has 0 fully saturated rings. The van der Waals surface area contributed by atoms with Crippen LogP contribution in [0.1, 0.15) is 17.5 Å². The smallest absolute Gasteiger partial charge is 0.306 e. The van der Waals surface area contributed by atoms with Gasteiger partial charge in [-0.25, -0.2) is 0 Å². The Bertz CT molecular complexity index is 635. The molecule has 1 aliphatic rings. The number of aliphatic imine (C=N–C) groups is 1. The molecule has 1 atom stereocenters.